The van der Waals surface area contributed by atoms with Gasteiger partial charge in [0.15, 0.2) is 0 Å². The Hall–Kier alpha value is -1.26. The molecule has 1 aliphatic heterocycles. The van der Waals surface area contributed by atoms with Crippen LogP contribution in [0.1, 0.15) is 57.8 Å². The van der Waals surface area contributed by atoms with Gasteiger partial charge in [0.1, 0.15) is 0 Å². The Morgan fingerprint density at radius 3 is 2.15 bits per heavy atom. The Labute approximate surface area is 120 Å². The molecule has 2 amide bonds. The smallest absolute Gasteiger partial charge is 0.320 e. The van der Waals surface area contributed by atoms with E-state index in [4.69, 9.17) is 0 Å². The fourth-order valence-corrected chi connectivity index (χ4v) is 3.62. The van der Waals surface area contributed by atoms with Crippen LogP contribution in [0.25, 0.3) is 0 Å². The summed E-state index contributed by atoms with van der Waals surface area (Å²) in [6, 6.07) is 0.0212. The zero-order chi connectivity index (χ0) is 14.6. The van der Waals surface area contributed by atoms with Crippen LogP contribution in [-0.4, -0.2) is 52.6 Å². The molecule has 1 N–H and O–H groups in total. The summed E-state index contributed by atoms with van der Waals surface area (Å²) in [6.07, 6.45) is 8.20. The summed E-state index contributed by atoms with van der Waals surface area (Å²) >= 11 is 0. The Morgan fingerprint density at radius 2 is 1.60 bits per heavy atom. The Kier molecular flexibility index (Phi) is 4.89. The highest BCUT2D eigenvalue weighted by Gasteiger charge is 2.41. The standard InChI is InChI=1S/C15H26N2O3/c1-16(14(20)17-10-6-3-7-11-17)15(12-13(18)19)8-4-2-5-9-15/h2-12H2,1H3,(H,18,19). The lowest BCUT2D eigenvalue weighted by molar-refractivity contribution is -0.140. The summed E-state index contributed by atoms with van der Waals surface area (Å²) in [5, 5.41) is 9.22. The molecular weight excluding hydrogens is 256 g/mol. The zero-order valence-corrected chi connectivity index (χ0v) is 12.4. The van der Waals surface area contributed by atoms with Crippen molar-refractivity contribution in [3.63, 3.8) is 0 Å². The second-order valence-corrected chi connectivity index (χ2v) is 6.24. The minimum absolute atomic E-state index is 0.0212. The molecule has 0 spiro atoms. The molecule has 0 unspecified atom stereocenters. The van der Waals surface area contributed by atoms with Crippen molar-refractivity contribution in [1.29, 1.82) is 0 Å². The second-order valence-electron chi connectivity index (χ2n) is 6.24. The van der Waals surface area contributed by atoms with Gasteiger partial charge in [-0.25, -0.2) is 4.79 Å². The first-order chi connectivity index (χ1) is 9.55. The molecule has 0 aromatic heterocycles. The van der Waals surface area contributed by atoms with E-state index in [1.165, 1.54) is 6.42 Å². The lowest BCUT2D eigenvalue weighted by Crippen LogP contribution is -2.56. The van der Waals surface area contributed by atoms with Crippen molar-refractivity contribution in [3.8, 4) is 0 Å². The van der Waals surface area contributed by atoms with Gasteiger partial charge in [0.05, 0.1) is 12.0 Å². The first-order valence-corrected chi connectivity index (χ1v) is 7.80. The van der Waals surface area contributed by atoms with Gasteiger partial charge in [0, 0.05) is 20.1 Å². The molecule has 114 valence electrons. The lowest BCUT2D eigenvalue weighted by Gasteiger charge is -2.46. The topological polar surface area (TPSA) is 60.9 Å². The molecule has 0 aromatic carbocycles. The molecule has 1 saturated carbocycles. The molecule has 20 heavy (non-hydrogen) atoms. The van der Waals surface area contributed by atoms with E-state index in [9.17, 15) is 14.7 Å². The van der Waals surface area contributed by atoms with Gasteiger partial charge in [-0.05, 0) is 32.1 Å². The van der Waals surface area contributed by atoms with E-state index >= 15 is 0 Å². The van der Waals surface area contributed by atoms with Crippen molar-refractivity contribution < 1.29 is 14.7 Å². The van der Waals surface area contributed by atoms with Gasteiger partial charge >= 0.3 is 12.0 Å². The van der Waals surface area contributed by atoms with Gasteiger partial charge in [-0.1, -0.05) is 19.3 Å². The predicted octanol–water partition coefficient (Wildman–Crippen LogP) is 2.70. The highest BCUT2D eigenvalue weighted by atomic mass is 16.4. The molecule has 5 heteroatoms. The number of hydrogen-bond acceptors (Lipinski definition) is 2. The SMILES string of the molecule is CN(C(=O)N1CCCCC1)C1(CC(=O)O)CCCCC1. The van der Waals surface area contributed by atoms with Crippen LogP contribution in [0.3, 0.4) is 0 Å². The van der Waals surface area contributed by atoms with E-state index in [0.717, 1.165) is 58.0 Å². The van der Waals surface area contributed by atoms with Gasteiger partial charge in [-0.15, -0.1) is 0 Å². The van der Waals surface area contributed by atoms with E-state index in [2.05, 4.69) is 0 Å². The maximum absolute atomic E-state index is 12.6. The van der Waals surface area contributed by atoms with Crippen molar-refractivity contribution in [1.82, 2.24) is 9.80 Å². The van der Waals surface area contributed by atoms with Crippen LogP contribution in [0.2, 0.25) is 0 Å². The Morgan fingerprint density at radius 1 is 1.05 bits per heavy atom. The number of nitrogens with zero attached hydrogens (tertiary/aromatic N) is 2. The first-order valence-electron chi connectivity index (χ1n) is 7.80. The van der Waals surface area contributed by atoms with Crippen LogP contribution < -0.4 is 0 Å². The van der Waals surface area contributed by atoms with E-state index < -0.39 is 11.5 Å². The van der Waals surface area contributed by atoms with Crippen LogP contribution in [0.15, 0.2) is 0 Å². The summed E-state index contributed by atoms with van der Waals surface area (Å²) in [5.74, 6) is -0.801. The quantitative estimate of drug-likeness (QED) is 0.865. The number of amides is 2. The Balaban J connectivity index is 2.10. The summed E-state index contributed by atoms with van der Waals surface area (Å²) in [6.45, 7) is 1.62. The molecular formula is C15H26N2O3. The molecule has 1 heterocycles. The lowest BCUT2D eigenvalue weighted by atomic mass is 9.78. The minimum atomic E-state index is -0.801. The average molecular weight is 282 g/mol. The largest absolute Gasteiger partial charge is 0.481 e. The van der Waals surface area contributed by atoms with Gasteiger partial charge in [-0.2, -0.15) is 0 Å². The monoisotopic (exact) mass is 282 g/mol. The number of hydrogen-bond donors (Lipinski definition) is 1. The summed E-state index contributed by atoms with van der Waals surface area (Å²) in [5.41, 5.74) is -0.474. The van der Waals surface area contributed by atoms with Crippen molar-refractivity contribution >= 4 is 12.0 Å². The van der Waals surface area contributed by atoms with E-state index in [1.807, 2.05) is 4.90 Å². The third-order valence-electron chi connectivity index (χ3n) is 4.89. The van der Waals surface area contributed by atoms with Crippen molar-refractivity contribution in [2.45, 2.75) is 63.3 Å². The van der Waals surface area contributed by atoms with Crippen molar-refractivity contribution in [2.75, 3.05) is 20.1 Å². The predicted molar refractivity (Wildman–Crippen MR) is 76.7 cm³/mol. The fraction of sp³-hybridized carbons (Fsp3) is 0.867. The van der Waals surface area contributed by atoms with Crippen LogP contribution in [0, 0.1) is 0 Å². The van der Waals surface area contributed by atoms with E-state index in [1.54, 1.807) is 11.9 Å². The molecule has 2 fully saturated rings. The number of piperidine rings is 1. The number of carbonyl (C=O) groups excluding carboxylic acids is 1. The molecule has 2 aliphatic rings. The average Bonchev–Trinajstić information content (AvgIpc) is 2.47. The number of likely N-dealkylation sites (tertiary alicyclic amines) is 1. The molecule has 5 nitrogen and oxygen atoms in total. The number of carbonyl (C=O) groups is 2. The van der Waals surface area contributed by atoms with Crippen LogP contribution in [0.4, 0.5) is 4.79 Å². The van der Waals surface area contributed by atoms with Crippen molar-refractivity contribution in [2.24, 2.45) is 0 Å². The van der Waals surface area contributed by atoms with E-state index in [0.29, 0.717) is 0 Å². The zero-order valence-electron chi connectivity index (χ0n) is 12.4. The fourth-order valence-electron chi connectivity index (χ4n) is 3.62. The molecule has 0 aromatic rings. The maximum atomic E-state index is 12.6. The molecule has 0 bridgehead atoms. The van der Waals surface area contributed by atoms with Crippen LogP contribution >= 0.6 is 0 Å². The number of aliphatic carboxylic acids is 1. The maximum Gasteiger partial charge on any atom is 0.320 e. The first kappa shape index (κ1) is 15.1. The van der Waals surface area contributed by atoms with E-state index in [-0.39, 0.29) is 12.5 Å². The molecule has 0 atom stereocenters. The number of carboxylic acids is 1. The summed E-state index contributed by atoms with van der Waals surface area (Å²) in [7, 11) is 1.80. The summed E-state index contributed by atoms with van der Waals surface area (Å²) < 4.78 is 0. The second kappa shape index (κ2) is 6.46. The van der Waals surface area contributed by atoms with Gasteiger partial charge in [0.25, 0.3) is 0 Å². The Bertz CT molecular complexity index is 358. The third-order valence-corrected chi connectivity index (χ3v) is 4.89. The summed E-state index contributed by atoms with van der Waals surface area (Å²) in [4.78, 5) is 27.5. The highest BCUT2D eigenvalue weighted by molar-refractivity contribution is 5.77. The molecule has 1 aliphatic carbocycles. The number of carboxylic acid groups (broad SMARTS) is 1. The molecule has 0 radical (unpaired) electrons. The van der Waals surface area contributed by atoms with Gasteiger partial charge < -0.3 is 14.9 Å². The van der Waals surface area contributed by atoms with Gasteiger partial charge in [-0.3, -0.25) is 4.79 Å². The number of rotatable bonds is 3. The molecule has 2 rings (SSSR count). The molecule has 1 saturated heterocycles. The third kappa shape index (κ3) is 3.25. The van der Waals surface area contributed by atoms with Crippen LogP contribution in [0.5, 0.6) is 0 Å². The normalized spacial score (nSPS) is 22.4. The number of urea groups is 1. The van der Waals surface area contributed by atoms with Gasteiger partial charge in [0.2, 0.25) is 0 Å². The minimum Gasteiger partial charge on any atom is -0.481 e. The highest BCUT2D eigenvalue weighted by Crippen LogP contribution is 2.36. The van der Waals surface area contributed by atoms with Crippen molar-refractivity contribution in [3.05, 3.63) is 0 Å². The van der Waals surface area contributed by atoms with Crippen LogP contribution in [-0.2, 0) is 4.79 Å².